The van der Waals surface area contributed by atoms with Crippen molar-refractivity contribution in [2.75, 3.05) is 33.4 Å². The second-order valence-corrected chi connectivity index (χ2v) is 5.46. The molecule has 1 aliphatic heterocycles. The summed E-state index contributed by atoms with van der Waals surface area (Å²) in [6.45, 7) is 4.70. The van der Waals surface area contributed by atoms with Gasteiger partial charge in [0.15, 0.2) is 11.5 Å². The van der Waals surface area contributed by atoms with Gasteiger partial charge >= 0.3 is 0 Å². The zero-order chi connectivity index (χ0) is 14.0. The molecular formula is C17H27NO2. The van der Waals surface area contributed by atoms with Crippen LogP contribution in [0.15, 0.2) is 24.3 Å². The Morgan fingerprint density at radius 1 is 0.950 bits per heavy atom. The molecule has 1 aromatic rings. The molecule has 0 aromatic heterocycles. The van der Waals surface area contributed by atoms with E-state index in [4.69, 9.17) is 9.47 Å². The Labute approximate surface area is 122 Å². The molecule has 1 fully saturated rings. The fraction of sp³-hybridized carbons (Fsp3) is 0.647. The normalized spacial score (nSPS) is 15.4. The van der Waals surface area contributed by atoms with Crippen molar-refractivity contribution in [3.05, 3.63) is 24.3 Å². The molecule has 3 nitrogen and oxygen atoms in total. The quantitative estimate of drug-likeness (QED) is 0.642. The summed E-state index contributed by atoms with van der Waals surface area (Å²) in [5.74, 6) is 1.67. The lowest BCUT2D eigenvalue weighted by Gasteiger charge is -2.14. The van der Waals surface area contributed by atoms with Crippen molar-refractivity contribution in [2.24, 2.45) is 0 Å². The highest BCUT2D eigenvalue weighted by Crippen LogP contribution is 2.25. The molecule has 1 aromatic carbocycles. The van der Waals surface area contributed by atoms with Crippen LogP contribution in [-0.2, 0) is 0 Å². The van der Waals surface area contributed by atoms with Gasteiger partial charge in [-0.1, -0.05) is 25.0 Å². The fourth-order valence-electron chi connectivity index (χ4n) is 2.72. The van der Waals surface area contributed by atoms with Crippen LogP contribution in [0.3, 0.4) is 0 Å². The van der Waals surface area contributed by atoms with Crippen molar-refractivity contribution in [3.8, 4) is 11.5 Å². The second-order valence-electron chi connectivity index (χ2n) is 5.46. The lowest BCUT2D eigenvalue weighted by atomic mass is 10.2. The average Bonchev–Trinajstić information content (AvgIpc) is 3.00. The highest BCUT2D eigenvalue weighted by atomic mass is 16.5. The van der Waals surface area contributed by atoms with Gasteiger partial charge in [0.25, 0.3) is 0 Å². The van der Waals surface area contributed by atoms with Gasteiger partial charge in [0.1, 0.15) is 0 Å². The van der Waals surface area contributed by atoms with E-state index in [1.807, 2.05) is 24.3 Å². The summed E-state index contributed by atoms with van der Waals surface area (Å²) in [5, 5.41) is 0. The number of hydrogen-bond donors (Lipinski definition) is 0. The molecule has 0 bridgehead atoms. The van der Waals surface area contributed by atoms with Gasteiger partial charge in [-0.05, 0) is 57.5 Å². The first-order valence-corrected chi connectivity index (χ1v) is 7.88. The number of likely N-dealkylation sites (tertiary alicyclic amines) is 1. The van der Waals surface area contributed by atoms with Crippen molar-refractivity contribution in [2.45, 2.75) is 38.5 Å². The maximum Gasteiger partial charge on any atom is 0.161 e. The number of rotatable bonds is 9. The number of para-hydroxylation sites is 2. The zero-order valence-electron chi connectivity index (χ0n) is 12.6. The molecule has 0 atom stereocenters. The minimum Gasteiger partial charge on any atom is -0.493 e. The number of benzene rings is 1. The summed E-state index contributed by atoms with van der Waals surface area (Å²) in [4.78, 5) is 2.59. The second kappa shape index (κ2) is 8.85. The molecule has 0 amide bonds. The standard InChI is InChI=1S/C17H27NO2/c1-19-16-10-4-5-11-17(16)20-15-9-3-2-6-12-18-13-7-8-14-18/h4-5,10-11H,2-3,6-9,12-15H2,1H3. The monoisotopic (exact) mass is 277 g/mol. The van der Waals surface area contributed by atoms with Gasteiger partial charge in [0.2, 0.25) is 0 Å². The van der Waals surface area contributed by atoms with Crippen LogP contribution in [0, 0.1) is 0 Å². The molecule has 3 heteroatoms. The third-order valence-corrected chi connectivity index (χ3v) is 3.89. The topological polar surface area (TPSA) is 21.7 Å². The molecule has 0 spiro atoms. The lowest BCUT2D eigenvalue weighted by Crippen LogP contribution is -2.20. The Bertz CT molecular complexity index is 375. The van der Waals surface area contributed by atoms with Gasteiger partial charge < -0.3 is 14.4 Å². The van der Waals surface area contributed by atoms with Gasteiger partial charge in [-0.3, -0.25) is 0 Å². The molecule has 0 N–H and O–H groups in total. The summed E-state index contributed by atoms with van der Waals surface area (Å²) >= 11 is 0. The Balaban J connectivity index is 1.50. The van der Waals surface area contributed by atoms with E-state index in [9.17, 15) is 0 Å². The Kier molecular flexibility index (Phi) is 6.72. The fourth-order valence-corrected chi connectivity index (χ4v) is 2.72. The van der Waals surface area contributed by atoms with Gasteiger partial charge in [-0.15, -0.1) is 0 Å². The molecule has 112 valence electrons. The molecule has 0 radical (unpaired) electrons. The Morgan fingerprint density at radius 3 is 2.40 bits per heavy atom. The molecule has 20 heavy (non-hydrogen) atoms. The predicted molar refractivity (Wildman–Crippen MR) is 82.6 cm³/mol. The first kappa shape index (κ1) is 15.2. The van der Waals surface area contributed by atoms with E-state index in [0.717, 1.165) is 24.5 Å². The summed E-state index contributed by atoms with van der Waals surface area (Å²) in [6, 6.07) is 7.84. The van der Waals surface area contributed by atoms with Gasteiger partial charge in [0, 0.05) is 0 Å². The molecular weight excluding hydrogens is 250 g/mol. The predicted octanol–water partition coefficient (Wildman–Crippen LogP) is 3.73. The number of unbranched alkanes of at least 4 members (excludes halogenated alkanes) is 3. The average molecular weight is 277 g/mol. The lowest BCUT2D eigenvalue weighted by molar-refractivity contribution is 0.281. The minimum absolute atomic E-state index is 0.782. The SMILES string of the molecule is COc1ccccc1OCCCCCCN1CCCC1. The number of nitrogens with zero attached hydrogens (tertiary/aromatic N) is 1. The summed E-state index contributed by atoms with van der Waals surface area (Å²) in [7, 11) is 1.68. The van der Waals surface area contributed by atoms with Crippen molar-refractivity contribution < 1.29 is 9.47 Å². The first-order chi connectivity index (χ1) is 9.90. The summed E-state index contributed by atoms with van der Waals surface area (Å²) in [6.07, 6.45) is 7.81. The van der Waals surface area contributed by atoms with E-state index in [2.05, 4.69) is 4.90 Å². The maximum atomic E-state index is 5.77. The first-order valence-electron chi connectivity index (χ1n) is 7.88. The van der Waals surface area contributed by atoms with E-state index in [-0.39, 0.29) is 0 Å². The van der Waals surface area contributed by atoms with E-state index in [1.54, 1.807) is 7.11 Å². The van der Waals surface area contributed by atoms with Crippen molar-refractivity contribution >= 4 is 0 Å². The van der Waals surface area contributed by atoms with Gasteiger partial charge in [-0.25, -0.2) is 0 Å². The largest absolute Gasteiger partial charge is 0.493 e. The van der Waals surface area contributed by atoms with Crippen molar-refractivity contribution in [1.29, 1.82) is 0 Å². The summed E-state index contributed by atoms with van der Waals surface area (Å²) < 4.78 is 11.0. The van der Waals surface area contributed by atoms with E-state index < -0.39 is 0 Å². The van der Waals surface area contributed by atoms with E-state index >= 15 is 0 Å². The Hall–Kier alpha value is -1.22. The van der Waals surface area contributed by atoms with Crippen LogP contribution in [-0.4, -0.2) is 38.3 Å². The van der Waals surface area contributed by atoms with Gasteiger partial charge in [-0.2, -0.15) is 0 Å². The molecule has 1 aliphatic rings. The summed E-state index contributed by atoms with van der Waals surface area (Å²) in [5.41, 5.74) is 0. The van der Waals surface area contributed by atoms with Crippen LogP contribution in [0.5, 0.6) is 11.5 Å². The zero-order valence-corrected chi connectivity index (χ0v) is 12.6. The number of ether oxygens (including phenoxy) is 2. The third-order valence-electron chi connectivity index (χ3n) is 3.89. The van der Waals surface area contributed by atoms with Crippen LogP contribution in [0.1, 0.15) is 38.5 Å². The molecule has 0 saturated carbocycles. The van der Waals surface area contributed by atoms with Crippen molar-refractivity contribution in [3.63, 3.8) is 0 Å². The number of hydrogen-bond acceptors (Lipinski definition) is 3. The highest BCUT2D eigenvalue weighted by molar-refractivity contribution is 5.39. The van der Waals surface area contributed by atoms with Crippen molar-refractivity contribution in [1.82, 2.24) is 4.90 Å². The number of methoxy groups -OCH3 is 1. The van der Waals surface area contributed by atoms with Crippen LogP contribution >= 0.6 is 0 Å². The molecule has 0 unspecified atom stereocenters. The molecule has 1 heterocycles. The van der Waals surface area contributed by atoms with Crippen LogP contribution < -0.4 is 9.47 Å². The third kappa shape index (κ3) is 5.04. The molecule has 1 saturated heterocycles. The molecule has 0 aliphatic carbocycles. The highest BCUT2D eigenvalue weighted by Gasteiger charge is 2.09. The van der Waals surface area contributed by atoms with Crippen LogP contribution in [0.25, 0.3) is 0 Å². The van der Waals surface area contributed by atoms with E-state index in [0.29, 0.717) is 0 Å². The minimum atomic E-state index is 0.782. The molecule has 2 rings (SSSR count). The van der Waals surface area contributed by atoms with E-state index in [1.165, 1.54) is 51.7 Å². The smallest absolute Gasteiger partial charge is 0.161 e. The van der Waals surface area contributed by atoms with Crippen LogP contribution in [0.4, 0.5) is 0 Å². The van der Waals surface area contributed by atoms with Gasteiger partial charge in [0.05, 0.1) is 13.7 Å². The van der Waals surface area contributed by atoms with Crippen LogP contribution in [0.2, 0.25) is 0 Å². The Morgan fingerprint density at radius 2 is 1.65 bits per heavy atom. The maximum absolute atomic E-state index is 5.77.